The number of hydrogen-bond donors (Lipinski definition) is 0. The van der Waals surface area contributed by atoms with Crippen molar-refractivity contribution in [1.29, 1.82) is 0 Å². The minimum atomic E-state index is -1.17. The Labute approximate surface area is 173 Å². The van der Waals surface area contributed by atoms with Crippen molar-refractivity contribution < 1.29 is 38.0 Å². The summed E-state index contributed by atoms with van der Waals surface area (Å²) >= 11 is 0. The van der Waals surface area contributed by atoms with E-state index < -0.39 is 5.60 Å². The van der Waals surface area contributed by atoms with Gasteiger partial charge in [0, 0.05) is 19.4 Å². The number of esters is 1. The molecule has 0 unspecified atom stereocenters. The highest BCUT2D eigenvalue weighted by molar-refractivity contribution is 5.82. The smallest absolute Gasteiger partial charge is 0.339 e. The lowest BCUT2D eigenvalue weighted by atomic mass is 9.80. The topological polar surface area (TPSA) is 81.7 Å². The molecular formula is C22H22O8. The highest BCUT2D eigenvalue weighted by Crippen LogP contribution is 2.40. The van der Waals surface area contributed by atoms with Gasteiger partial charge in [-0.2, -0.15) is 0 Å². The second-order valence-electron chi connectivity index (χ2n) is 7.49. The molecule has 0 bridgehead atoms. The van der Waals surface area contributed by atoms with Crippen molar-refractivity contribution in [3.63, 3.8) is 0 Å². The Morgan fingerprint density at radius 1 is 0.900 bits per heavy atom. The first kappa shape index (κ1) is 19.0. The Balaban J connectivity index is 1.43. The molecule has 8 heteroatoms. The van der Waals surface area contributed by atoms with Crippen LogP contribution < -0.4 is 18.9 Å². The zero-order chi connectivity index (χ0) is 20.6. The van der Waals surface area contributed by atoms with E-state index in [1.54, 1.807) is 0 Å². The summed E-state index contributed by atoms with van der Waals surface area (Å²) in [7, 11) is 1.53. The monoisotopic (exact) mass is 414 g/mol. The minimum absolute atomic E-state index is 0.0166. The Hall–Kier alpha value is -2.97. The lowest BCUT2D eigenvalue weighted by molar-refractivity contribution is -0.177. The minimum Gasteiger partial charge on any atom is -0.463 e. The second kappa shape index (κ2) is 7.70. The summed E-state index contributed by atoms with van der Waals surface area (Å²) in [6, 6.07) is 11.4. The van der Waals surface area contributed by atoms with Crippen molar-refractivity contribution in [2.75, 3.05) is 34.1 Å². The molecule has 8 nitrogen and oxygen atoms in total. The molecule has 3 aliphatic heterocycles. The van der Waals surface area contributed by atoms with E-state index in [4.69, 9.17) is 33.2 Å². The first-order chi connectivity index (χ1) is 14.7. The lowest BCUT2D eigenvalue weighted by Gasteiger charge is -2.31. The SMILES string of the molecule is COCO[C@]1(Cc2ccc3c(c2)OCO3)C(=O)OC[C@@H]1Cc1ccc2c(c1)OCO2. The normalized spacial score (nSPS) is 23.6. The molecule has 1 fully saturated rings. The van der Waals surface area contributed by atoms with E-state index in [-0.39, 0.29) is 38.9 Å². The first-order valence-corrected chi connectivity index (χ1v) is 9.75. The predicted octanol–water partition coefficient (Wildman–Crippen LogP) is 2.46. The molecule has 0 amide bonds. The molecule has 0 radical (unpaired) electrons. The molecule has 3 heterocycles. The molecular weight excluding hydrogens is 392 g/mol. The van der Waals surface area contributed by atoms with Crippen LogP contribution in [0.5, 0.6) is 23.0 Å². The van der Waals surface area contributed by atoms with Crippen LogP contribution in [0, 0.1) is 5.92 Å². The summed E-state index contributed by atoms with van der Waals surface area (Å²) in [6.45, 7) is 0.659. The van der Waals surface area contributed by atoms with Gasteiger partial charge in [0.2, 0.25) is 13.6 Å². The number of carbonyl (C=O) groups excluding carboxylic acids is 1. The number of benzene rings is 2. The zero-order valence-corrected chi connectivity index (χ0v) is 16.6. The second-order valence-corrected chi connectivity index (χ2v) is 7.49. The summed E-state index contributed by atoms with van der Waals surface area (Å²) in [5.74, 6) is 2.19. The molecule has 2 atom stereocenters. The molecule has 5 rings (SSSR count). The van der Waals surface area contributed by atoms with E-state index in [2.05, 4.69) is 0 Å². The number of fused-ring (bicyclic) bond motifs is 2. The molecule has 0 spiro atoms. The van der Waals surface area contributed by atoms with Crippen LogP contribution in [0.2, 0.25) is 0 Å². The van der Waals surface area contributed by atoms with Gasteiger partial charge in [-0.3, -0.25) is 0 Å². The maximum atomic E-state index is 12.9. The van der Waals surface area contributed by atoms with Gasteiger partial charge in [0.1, 0.15) is 6.79 Å². The van der Waals surface area contributed by atoms with E-state index in [0.717, 1.165) is 16.9 Å². The van der Waals surface area contributed by atoms with Gasteiger partial charge in [0.05, 0.1) is 6.61 Å². The number of carbonyl (C=O) groups is 1. The molecule has 30 heavy (non-hydrogen) atoms. The van der Waals surface area contributed by atoms with Gasteiger partial charge in [-0.1, -0.05) is 12.1 Å². The van der Waals surface area contributed by atoms with E-state index >= 15 is 0 Å². The van der Waals surface area contributed by atoms with E-state index in [1.807, 2.05) is 36.4 Å². The molecule has 0 saturated carbocycles. The van der Waals surface area contributed by atoms with Gasteiger partial charge in [-0.15, -0.1) is 0 Å². The average Bonchev–Trinajstić information content (AvgIpc) is 3.47. The van der Waals surface area contributed by atoms with Crippen molar-refractivity contribution in [3.05, 3.63) is 47.5 Å². The van der Waals surface area contributed by atoms with E-state index in [0.29, 0.717) is 30.1 Å². The summed E-state index contributed by atoms with van der Waals surface area (Å²) in [6.07, 6.45) is 0.914. The van der Waals surface area contributed by atoms with Gasteiger partial charge < -0.3 is 33.2 Å². The number of hydrogen-bond acceptors (Lipinski definition) is 8. The van der Waals surface area contributed by atoms with Crippen LogP contribution in [0.25, 0.3) is 0 Å². The van der Waals surface area contributed by atoms with Crippen LogP contribution in [0.1, 0.15) is 11.1 Å². The third kappa shape index (κ3) is 3.32. The Morgan fingerprint density at radius 2 is 1.53 bits per heavy atom. The fourth-order valence-corrected chi connectivity index (χ4v) is 4.14. The van der Waals surface area contributed by atoms with E-state index in [1.165, 1.54) is 7.11 Å². The standard InChI is InChI=1S/C22H22O8/c1-24-11-30-22(9-15-3-5-18-20(8-15)29-13-27-18)16(10-25-21(22)23)6-14-2-4-17-19(7-14)28-12-26-17/h2-5,7-8,16H,6,9-13H2,1H3/t16-,22-/m0/s1. The fourth-order valence-electron chi connectivity index (χ4n) is 4.14. The number of ether oxygens (including phenoxy) is 7. The molecule has 3 aliphatic rings. The molecule has 0 aliphatic carbocycles. The molecule has 0 N–H and O–H groups in total. The van der Waals surface area contributed by atoms with Crippen LogP contribution >= 0.6 is 0 Å². The third-order valence-electron chi connectivity index (χ3n) is 5.68. The maximum Gasteiger partial charge on any atom is 0.339 e. The van der Waals surface area contributed by atoms with Crippen LogP contribution in [-0.2, 0) is 31.8 Å². The summed E-state index contributed by atoms with van der Waals surface area (Å²) in [5.41, 5.74) is 0.739. The van der Waals surface area contributed by atoms with Crippen molar-refractivity contribution >= 4 is 5.97 Å². The van der Waals surface area contributed by atoms with Crippen molar-refractivity contribution in [2.24, 2.45) is 5.92 Å². The van der Waals surface area contributed by atoms with Crippen molar-refractivity contribution in [2.45, 2.75) is 18.4 Å². The predicted molar refractivity (Wildman–Crippen MR) is 103 cm³/mol. The van der Waals surface area contributed by atoms with Crippen LogP contribution in [0.3, 0.4) is 0 Å². The molecule has 2 aromatic rings. The van der Waals surface area contributed by atoms with E-state index in [9.17, 15) is 4.79 Å². The fraction of sp³-hybridized carbons (Fsp3) is 0.409. The number of rotatable bonds is 7. The summed E-state index contributed by atoms with van der Waals surface area (Å²) < 4.78 is 38.4. The van der Waals surface area contributed by atoms with Crippen molar-refractivity contribution in [1.82, 2.24) is 0 Å². The van der Waals surface area contributed by atoms with Gasteiger partial charge in [0.25, 0.3) is 0 Å². The van der Waals surface area contributed by atoms with Crippen LogP contribution in [0.4, 0.5) is 0 Å². The Bertz CT molecular complexity index is 958. The number of cyclic esters (lactones) is 1. The van der Waals surface area contributed by atoms with Crippen molar-refractivity contribution in [3.8, 4) is 23.0 Å². The van der Waals surface area contributed by atoms with Gasteiger partial charge in [-0.25, -0.2) is 4.79 Å². The van der Waals surface area contributed by atoms with Gasteiger partial charge >= 0.3 is 5.97 Å². The summed E-state index contributed by atoms with van der Waals surface area (Å²) in [4.78, 5) is 12.9. The third-order valence-corrected chi connectivity index (χ3v) is 5.68. The quantitative estimate of drug-likeness (QED) is 0.505. The lowest BCUT2D eigenvalue weighted by Crippen LogP contribution is -2.47. The number of methoxy groups -OCH3 is 1. The largest absolute Gasteiger partial charge is 0.463 e. The zero-order valence-electron chi connectivity index (χ0n) is 16.6. The highest BCUT2D eigenvalue weighted by Gasteiger charge is 2.54. The van der Waals surface area contributed by atoms with Crippen LogP contribution in [-0.4, -0.2) is 45.7 Å². The molecule has 2 aromatic carbocycles. The Kier molecular flexibility index (Phi) is 4.88. The maximum absolute atomic E-state index is 12.9. The highest BCUT2D eigenvalue weighted by atomic mass is 16.7. The Morgan fingerprint density at radius 3 is 2.23 bits per heavy atom. The van der Waals surface area contributed by atoms with Gasteiger partial charge in [0.15, 0.2) is 28.6 Å². The van der Waals surface area contributed by atoms with Gasteiger partial charge in [-0.05, 0) is 41.8 Å². The first-order valence-electron chi connectivity index (χ1n) is 9.75. The summed E-state index contributed by atoms with van der Waals surface area (Å²) in [5, 5.41) is 0. The van der Waals surface area contributed by atoms with Crippen LogP contribution in [0.15, 0.2) is 36.4 Å². The molecule has 158 valence electrons. The molecule has 0 aromatic heterocycles. The molecule has 1 saturated heterocycles. The average molecular weight is 414 g/mol.